The van der Waals surface area contributed by atoms with Gasteiger partial charge in [0.2, 0.25) is 10.0 Å². The number of hydrogen-bond acceptors (Lipinski definition) is 9. The molecule has 1 fully saturated rings. The average molecular weight is 696 g/mol. The fraction of sp³-hybridized carbons (Fsp3) is 0.486. The van der Waals surface area contributed by atoms with Crippen LogP contribution in [0.2, 0.25) is 0 Å². The third kappa shape index (κ3) is 12.1. The van der Waals surface area contributed by atoms with Crippen LogP contribution in [0.1, 0.15) is 93.3 Å². The number of pyridine rings is 1. The van der Waals surface area contributed by atoms with E-state index in [0.717, 1.165) is 48.8 Å². The van der Waals surface area contributed by atoms with Gasteiger partial charge in [0.05, 0.1) is 30.1 Å². The van der Waals surface area contributed by atoms with Crippen LogP contribution < -0.4 is 9.46 Å². The molecule has 0 spiro atoms. The lowest BCUT2D eigenvalue weighted by Gasteiger charge is -2.29. The Labute approximate surface area is 289 Å². The summed E-state index contributed by atoms with van der Waals surface area (Å²) in [6, 6.07) is 16.6. The fourth-order valence-corrected chi connectivity index (χ4v) is 6.66. The first-order valence-electron chi connectivity index (χ1n) is 16.9. The molecule has 3 N–H and O–H groups in total. The Kier molecular flexibility index (Phi) is 13.6. The van der Waals surface area contributed by atoms with E-state index in [0.29, 0.717) is 30.7 Å². The van der Waals surface area contributed by atoms with Crippen LogP contribution >= 0.6 is 0 Å². The van der Waals surface area contributed by atoms with Crippen molar-refractivity contribution in [1.82, 2.24) is 14.6 Å². The molecule has 4 rings (SSSR count). The maximum atomic E-state index is 13.1. The number of rotatable bonds is 15. The Morgan fingerprint density at radius 2 is 1.73 bits per heavy atom. The van der Waals surface area contributed by atoms with Crippen LogP contribution in [0.3, 0.4) is 0 Å². The highest BCUT2D eigenvalue weighted by atomic mass is 32.2. The number of aryl methyl sites for hydroxylation is 1. The zero-order valence-corrected chi connectivity index (χ0v) is 29.5. The Bertz CT molecular complexity index is 1620. The monoisotopic (exact) mass is 695 g/mol. The first-order chi connectivity index (χ1) is 23.3. The molecule has 266 valence electrons. The number of nitrogens with one attached hydrogen (secondary N) is 1. The third-order valence-corrected chi connectivity index (χ3v) is 9.51. The van der Waals surface area contributed by atoms with Crippen molar-refractivity contribution in [2.24, 2.45) is 0 Å². The molecule has 1 saturated carbocycles. The number of benzene rings is 2. The van der Waals surface area contributed by atoms with Gasteiger partial charge in [-0.3, -0.25) is 9.78 Å². The number of ether oxygens (including phenoxy) is 2. The van der Waals surface area contributed by atoms with E-state index in [-0.39, 0.29) is 37.0 Å². The summed E-state index contributed by atoms with van der Waals surface area (Å²) in [6.45, 7) is 5.59. The van der Waals surface area contributed by atoms with Crippen LogP contribution in [0, 0.1) is 0 Å². The molecule has 0 saturated heterocycles. The zero-order valence-electron chi connectivity index (χ0n) is 28.6. The van der Waals surface area contributed by atoms with Crippen LogP contribution in [-0.4, -0.2) is 77.7 Å². The van der Waals surface area contributed by atoms with E-state index in [1.807, 2.05) is 24.3 Å². The van der Waals surface area contributed by atoms with Gasteiger partial charge in [-0.2, -0.15) is 0 Å². The van der Waals surface area contributed by atoms with Crippen molar-refractivity contribution in [2.45, 2.75) is 89.9 Å². The summed E-state index contributed by atoms with van der Waals surface area (Å²) in [5, 5.41) is 19.8. The first-order valence-corrected chi connectivity index (χ1v) is 18.6. The smallest absolute Gasteiger partial charge is 0.410 e. The lowest BCUT2D eigenvalue weighted by atomic mass is 9.97. The maximum Gasteiger partial charge on any atom is 0.410 e. The second-order valence-electron chi connectivity index (χ2n) is 13.4. The second kappa shape index (κ2) is 17.6. The molecule has 0 aliphatic heterocycles. The number of nitrogens with zero attached hydrogens (tertiary/aromatic N) is 2. The molecule has 0 unspecified atom stereocenters. The van der Waals surface area contributed by atoms with Gasteiger partial charge in [0, 0.05) is 31.1 Å². The lowest BCUT2D eigenvalue weighted by molar-refractivity contribution is 0.0141. The normalized spacial score (nSPS) is 14.6. The largest absolute Gasteiger partial charge is 0.490 e. The van der Waals surface area contributed by atoms with Gasteiger partial charge in [-0.15, -0.1) is 0 Å². The average Bonchev–Trinajstić information content (AvgIpc) is 3.07. The first kappa shape index (κ1) is 37.8. The van der Waals surface area contributed by atoms with E-state index in [1.165, 1.54) is 4.90 Å². The zero-order chi connectivity index (χ0) is 35.4. The number of hydrogen-bond donors (Lipinski definition) is 3. The van der Waals surface area contributed by atoms with Crippen LogP contribution in [0.25, 0.3) is 11.1 Å². The summed E-state index contributed by atoms with van der Waals surface area (Å²) in [7, 11) is -3.91. The van der Waals surface area contributed by atoms with Crippen LogP contribution in [-0.2, 0) is 21.2 Å². The number of aliphatic hydroxyl groups excluding tert-OH is 2. The molecular formula is C37H49N3O8S. The van der Waals surface area contributed by atoms with Gasteiger partial charge in [-0.05, 0) is 101 Å². The van der Waals surface area contributed by atoms with Crippen molar-refractivity contribution in [3.8, 4) is 16.9 Å². The molecule has 49 heavy (non-hydrogen) atoms. The van der Waals surface area contributed by atoms with Crippen molar-refractivity contribution in [3.05, 3.63) is 83.7 Å². The van der Waals surface area contributed by atoms with E-state index in [1.54, 1.807) is 63.5 Å². The summed E-state index contributed by atoms with van der Waals surface area (Å²) in [5.41, 5.74) is 2.86. The molecule has 2 aromatic carbocycles. The number of carbonyl (C=O) groups excluding carboxylic acids is 2. The van der Waals surface area contributed by atoms with Crippen molar-refractivity contribution in [2.75, 3.05) is 25.4 Å². The Morgan fingerprint density at radius 3 is 2.39 bits per heavy atom. The van der Waals surface area contributed by atoms with Gasteiger partial charge in [0.1, 0.15) is 11.4 Å². The Balaban J connectivity index is 1.45. The molecule has 1 aromatic heterocycles. The summed E-state index contributed by atoms with van der Waals surface area (Å²) in [4.78, 5) is 31.7. The van der Waals surface area contributed by atoms with E-state index >= 15 is 0 Å². The van der Waals surface area contributed by atoms with Crippen LogP contribution in [0.4, 0.5) is 4.79 Å². The molecule has 3 aromatic rings. The standard InChI is InChI=1S/C37H49N3O8S/c1-37(2,3)48-36(44)40(26-33(42)30-11-7-20-38-25-30)21-8-10-27-14-16-28(17-15-27)29-18-19-32(35(43)39-49(45,46)23-9-22-41)34(24-29)47-31-12-5-4-6-13-31/h7,11,14-20,24-25,31,33,41-42H,4-6,8-10,12-13,21-23,26H2,1-3H3,(H,39,43)/t33-/m0/s1. The summed E-state index contributed by atoms with van der Waals surface area (Å²) < 4.78 is 38.8. The van der Waals surface area contributed by atoms with E-state index in [4.69, 9.17) is 14.6 Å². The van der Waals surface area contributed by atoms with E-state index < -0.39 is 33.7 Å². The molecule has 1 atom stereocenters. The lowest BCUT2D eigenvalue weighted by Crippen LogP contribution is -2.40. The van der Waals surface area contributed by atoms with Gasteiger partial charge < -0.3 is 24.6 Å². The minimum absolute atomic E-state index is 0.0281. The van der Waals surface area contributed by atoms with E-state index in [2.05, 4.69) is 9.71 Å². The van der Waals surface area contributed by atoms with Gasteiger partial charge in [-0.1, -0.05) is 42.8 Å². The topological polar surface area (TPSA) is 155 Å². The van der Waals surface area contributed by atoms with Crippen LogP contribution in [0.15, 0.2) is 67.0 Å². The summed E-state index contributed by atoms with van der Waals surface area (Å²) in [6.07, 6.45) is 8.03. The fourth-order valence-electron chi connectivity index (χ4n) is 5.66. The Hall–Kier alpha value is -4.00. The molecule has 0 radical (unpaired) electrons. The number of aromatic nitrogens is 1. The van der Waals surface area contributed by atoms with Gasteiger partial charge in [0.15, 0.2) is 0 Å². The molecule has 1 heterocycles. The van der Waals surface area contributed by atoms with Gasteiger partial charge in [0.25, 0.3) is 5.91 Å². The molecule has 12 heteroatoms. The van der Waals surface area contributed by atoms with Crippen molar-refractivity contribution >= 4 is 22.0 Å². The summed E-state index contributed by atoms with van der Waals surface area (Å²) >= 11 is 0. The quantitative estimate of drug-likeness (QED) is 0.179. The summed E-state index contributed by atoms with van der Waals surface area (Å²) in [5.74, 6) is -0.789. The molecule has 1 aliphatic carbocycles. The SMILES string of the molecule is CC(C)(C)OC(=O)N(CCCc1ccc(-c2ccc(C(=O)NS(=O)(=O)CCCO)c(OC3CCCCC3)c2)cc1)C[C@H](O)c1cccnc1. The highest BCUT2D eigenvalue weighted by Gasteiger charge is 2.25. The maximum absolute atomic E-state index is 13.1. The number of amides is 2. The highest BCUT2D eigenvalue weighted by molar-refractivity contribution is 7.90. The number of aliphatic hydroxyl groups is 2. The minimum Gasteiger partial charge on any atom is -0.490 e. The number of carbonyl (C=O) groups is 2. The van der Waals surface area contributed by atoms with Crippen molar-refractivity contribution < 1.29 is 37.7 Å². The molecule has 0 bridgehead atoms. The minimum atomic E-state index is -3.91. The van der Waals surface area contributed by atoms with Gasteiger partial charge >= 0.3 is 6.09 Å². The van der Waals surface area contributed by atoms with Crippen molar-refractivity contribution in [1.29, 1.82) is 0 Å². The highest BCUT2D eigenvalue weighted by Crippen LogP contribution is 2.31. The Morgan fingerprint density at radius 1 is 1.02 bits per heavy atom. The second-order valence-corrected chi connectivity index (χ2v) is 15.3. The van der Waals surface area contributed by atoms with Gasteiger partial charge in [-0.25, -0.2) is 17.9 Å². The van der Waals surface area contributed by atoms with Crippen molar-refractivity contribution in [3.63, 3.8) is 0 Å². The van der Waals surface area contributed by atoms with E-state index in [9.17, 15) is 23.1 Å². The predicted molar refractivity (Wildman–Crippen MR) is 188 cm³/mol. The number of sulfonamides is 1. The van der Waals surface area contributed by atoms with Crippen LogP contribution in [0.5, 0.6) is 5.75 Å². The molecule has 1 aliphatic rings. The third-order valence-electron chi connectivity index (χ3n) is 8.19. The predicted octanol–water partition coefficient (Wildman–Crippen LogP) is 5.81. The molecular weight excluding hydrogens is 646 g/mol. The molecule has 11 nitrogen and oxygen atoms in total. The molecule has 2 amide bonds.